The van der Waals surface area contributed by atoms with Gasteiger partial charge in [-0.25, -0.2) is 4.79 Å². The van der Waals surface area contributed by atoms with E-state index >= 15 is 0 Å². The Balaban J connectivity index is 2.50. The lowest BCUT2D eigenvalue weighted by molar-refractivity contribution is 0.528. The number of hydrogen-bond donors (Lipinski definition) is 1. The lowest BCUT2D eigenvalue weighted by atomic mass is 9.97. The summed E-state index contributed by atoms with van der Waals surface area (Å²) in [4.78, 5) is 11.3. The second kappa shape index (κ2) is 4.14. The molecule has 0 radical (unpaired) electrons. The molecule has 1 heterocycles. The maximum Gasteiger partial charge on any atom is 0.419 e. The third kappa shape index (κ3) is 1.76. The van der Waals surface area contributed by atoms with Crippen molar-refractivity contribution in [2.24, 2.45) is 12.8 Å². The van der Waals surface area contributed by atoms with Gasteiger partial charge in [-0.3, -0.25) is 4.57 Å². The van der Waals surface area contributed by atoms with Gasteiger partial charge in [0.15, 0.2) is 5.58 Å². The molecule has 2 N–H and O–H groups in total. The van der Waals surface area contributed by atoms with Gasteiger partial charge < -0.3 is 10.2 Å². The number of fused-ring (bicyclic) bond motifs is 1. The van der Waals surface area contributed by atoms with E-state index < -0.39 is 0 Å². The van der Waals surface area contributed by atoms with Crippen molar-refractivity contribution in [2.45, 2.75) is 19.3 Å². The molecule has 1 atom stereocenters. The van der Waals surface area contributed by atoms with Crippen LogP contribution in [0.3, 0.4) is 0 Å². The number of oxazole rings is 1. The second-order valence-corrected chi connectivity index (χ2v) is 4.13. The van der Waals surface area contributed by atoms with Crippen LogP contribution in [0, 0.1) is 0 Å². The van der Waals surface area contributed by atoms with Crippen LogP contribution in [-0.4, -0.2) is 11.1 Å². The fraction of sp³-hybridized carbons (Fsp3) is 0.417. The van der Waals surface area contributed by atoms with Crippen LogP contribution in [0.4, 0.5) is 0 Å². The summed E-state index contributed by atoms with van der Waals surface area (Å²) in [6, 6.07) is 5.84. The van der Waals surface area contributed by atoms with E-state index in [0.29, 0.717) is 18.0 Å². The van der Waals surface area contributed by atoms with Gasteiger partial charge in [-0.1, -0.05) is 13.0 Å². The molecule has 86 valence electrons. The molecule has 4 heteroatoms. The molecule has 0 spiro atoms. The smallest absolute Gasteiger partial charge is 0.408 e. The summed E-state index contributed by atoms with van der Waals surface area (Å²) in [5.74, 6) is 0.0815. The van der Waals surface area contributed by atoms with E-state index in [1.54, 1.807) is 7.05 Å². The van der Waals surface area contributed by atoms with Crippen molar-refractivity contribution in [2.75, 3.05) is 6.54 Å². The SMILES string of the molecule is CC(CCN)c1ccc2oc(=O)n(C)c2c1. The summed E-state index contributed by atoms with van der Waals surface area (Å²) in [5, 5.41) is 0. The average molecular weight is 220 g/mol. The largest absolute Gasteiger partial charge is 0.419 e. The topological polar surface area (TPSA) is 61.2 Å². The van der Waals surface area contributed by atoms with Gasteiger partial charge in [-0.05, 0) is 36.6 Å². The summed E-state index contributed by atoms with van der Waals surface area (Å²) < 4.78 is 6.60. The molecule has 0 saturated carbocycles. The Bertz CT molecular complexity index is 554. The number of nitrogens with zero attached hydrogens (tertiary/aromatic N) is 1. The summed E-state index contributed by atoms with van der Waals surface area (Å²) in [7, 11) is 1.71. The van der Waals surface area contributed by atoms with Crippen molar-refractivity contribution in [1.29, 1.82) is 0 Å². The average Bonchev–Trinajstić information content (AvgIpc) is 2.55. The van der Waals surface area contributed by atoms with E-state index in [1.807, 2.05) is 18.2 Å². The van der Waals surface area contributed by atoms with Gasteiger partial charge in [-0.15, -0.1) is 0 Å². The Morgan fingerprint density at radius 1 is 1.50 bits per heavy atom. The van der Waals surface area contributed by atoms with E-state index in [-0.39, 0.29) is 5.76 Å². The summed E-state index contributed by atoms with van der Waals surface area (Å²) in [6.45, 7) is 2.80. The highest BCUT2D eigenvalue weighted by molar-refractivity contribution is 5.73. The van der Waals surface area contributed by atoms with Crippen LogP contribution < -0.4 is 11.5 Å². The lowest BCUT2D eigenvalue weighted by Gasteiger charge is -2.10. The predicted molar refractivity (Wildman–Crippen MR) is 63.5 cm³/mol. The molecule has 0 aliphatic carbocycles. The van der Waals surface area contributed by atoms with Gasteiger partial charge in [0, 0.05) is 7.05 Å². The predicted octanol–water partition coefficient (Wildman–Crippen LogP) is 1.58. The van der Waals surface area contributed by atoms with Crippen molar-refractivity contribution >= 4 is 11.1 Å². The number of rotatable bonds is 3. The zero-order valence-corrected chi connectivity index (χ0v) is 9.56. The first kappa shape index (κ1) is 11.0. The maximum absolute atomic E-state index is 11.3. The van der Waals surface area contributed by atoms with Crippen LogP contribution in [0.1, 0.15) is 24.8 Å². The Morgan fingerprint density at radius 2 is 2.25 bits per heavy atom. The molecule has 0 fully saturated rings. The van der Waals surface area contributed by atoms with Crippen molar-refractivity contribution in [3.63, 3.8) is 0 Å². The fourth-order valence-electron chi connectivity index (χ4n) is 1.87. The molecular formula is C12H16N2O2. The molecule has 0 amide bonds. The molecule has 0 saturated heterocycles. The zero-order chi connectivity index (χ0) is 11.7. The number of nitrogens with two attached hydrogens (primary N) is 1. The molecule has 1 aromatic heterocycles. The van der Waals surface area contributed by atoms with Gasteiger partial charge >= 0.3 is 5.76 Å². The molecule has 1 unspecified atom stereocenters. The number of benzene rings is 1. The molecule has 2 rings (SSSR count). The highest BCUT2D eigenvalue weighted by Crippen LogP contribution is 2.22. The van der Waals surface area contributed by atoms with Crippen LogP contribution in [0.5, 0.6) is 0 Å². The number of hydrogen-bond acceptors (Lipinski definition) is 3. The van der Waals surface area contributed by atoms with E-state index in [1.165, 1.54) is 10.1 Å². The fourth-order valence-corrected chi connectivity index (χ4v) is 1.87. The van der Waals surface area contributed by atoms with Crippen molar-refractivity contribution < 1.29 is 4.42 Å². The number of aryl methyl sites for hydroxylation is 1. The van der Waals surface area contributed by atoms with Crippen LogP contribution >= 0.6 is 0 Å². The molecule has 0 aliphatic heterocycles. The van der Waals surface area contributed by atoms with Gasteiger partial charge in [0.1, 0.15) is 0 Å². The molecule has 0 bridgehead atoms. The molecule has 4 nitrogen and oxygen atoms in total. The van der Waals surface area contributed by atoms with Crippen molar-refractivity contribution in [1.82, 2.24) is 4.57 Å². The third-order valence-electron chi connectivity index (χ3n) is 2.98. The van der Waals surface area contributed by atoms with E-state index in [4.69, 9.17) is 10.2 Å². The molecule has 0 aliphatic rings. The van der Waals surface area contributed by atoms with E-state index in [0.717, 1.165) is 11.9 Å². The molecular weight excluding hydrogens is 204 g/mol. The van der Waals surface area contributed by atoms with E-state index in [2.05, 4.69) is 6.92 Å². The van der Waals surface area contributed by atoms with Gasteiger partial charge in [-0.2, -0.15) is 0 Å². The van der Waals surface area contributed by atoms with Crippen molar-refractivity contribution in [3.05, 3.63) is 34.3 Å². The second-order valence-electron chi connectivity index (χ2n) is 4.13. The van der Waals surface area contributed by atoms with Gasteiger partial charge in [0.2, 0.25) is 0 Å². The minimum Gasteiger partial charge on any atom is -0.408 e. The Kier molecular flexibility index (Phi) is 2.83. The minimum atomic E-state index is -0.321. The maximum atomic E-state index is 11.3. The van der Waals surface area contributed by atoms with Gasteiger partial charge in [0.05, 0.1) is 5.52 Å². The highest BCUT2D eigenvalue weighted by atomic mass is 16.4. The monoisotopic (exact) mass is 220 g/mol. The van der Waals surface area contributed by atoms with Crippen LogP contribution in [0.25, 0.3) is 11.1 Å². The van der Waals surface area contributed by atoms with Crippen molar-refractivity contribution in [3.8, 4) is 0 Å². The zero-order valence-electron chi connectivity index (χ0n) is 9.56. The normalized spacial score (nSPS) is 13.2. The quantitative estimate of drug-likeness (QED) is 0.854. The molecule has 16 heavy (non-hydrogen) atoms. The lowest BCUT2D eigenvalue weighted by Crippen LogP contribution is -2.08. The summed E-state index contributed by atoms with van der Waals surface area (Å²) in [5.41, 5.74) is 8.20. The first-order valence-electron chi connectivity index (χ1n) is 5.43. The first-order chi connectivity index (χ1) is 7.63. The Morgan fingerprint density at radius 3 is 2.94 bits per heavy atom. The van der Waals surface area contributed by atoms with Gasteiger partial charge in [0.25, 0.3) is 0 Å². The third-order valence-corrected chi connectivity index (χ3v) is 2.98. The number of aromatic nitrogens is 1. The van der Waals surface area contributed by atoms with Crippen LogP contribution in [-0.2, 0) is 7.05 Å². The first-order valence-corrected chi connectivity index (χ1v) is 5.43. The standard InChI is InChI=1S/C12H16N2O2/c1-8(5-6-13)9-3-4-11-10(7-9)14(2)12(15)16-11/h3-4,7-8H,5-6,13H2,1-2H3. The Hall–Kier alpha value is -1.55. The van der Waals surface area contributed by atoms with Crippen LogP contribution in [0.15, 0.2) is 27.4 Å². The van der Waals surface area contributed by atoms with Crippen LogP contribution in [0.2, 0.25) is 0 Å². The highest BCUT2D eigenvalue weighted by Gasteiger charge is 2.09. The molecule has 2 aromatic rings. The Labute approximate surface area is 93.7 Å². The minimum absolute atomic E-state index is 0.321. The summed E-state index contributed by atoms with van der Waals surface area (Å²) in [6.07, 6.45) is 0.942. The summed E-state index contributed by atoms with van der Waals surface area (Å²) >= 11 is 0. The van der Waals surface area contributed by atoms with E-state index in [9.17, 15) is 4.79 Å². The molecule has 1 aromatic carbocycles.